The summed E-state index contributed by atoms with van der Waals surface area (Å²) in [7, 11) is 6.16. The highest BCUT2D eigenvalue weighted by atomic mass is 16.4. The Kier molecular flexibility index (Phi) is 7.84. The molecule has 8 nitrogen and oxygen atoms in total. The number of quaternary nitrogens is 1. The zero-order chi connectivity index (χ0) is 21.7. The fraction of sp³-hybridized carbons (Fsp3) is 0.600. The van der Waals surface area contributed by atoms with Crippen molar-refractivity contribution in [3.8, 4) is 0 Å². The van der Waals surface area contributed by atoms with E-state index in [1.165, 1.54) is 0 Å². The van der Waals surface area contributed by atoms with E-state index in [0.29, 0.717) is 6.42 Å². The molecule has 2 rings (SSSR count). The normalized spacial score (nSPS) is 19.0. The number of nitrogens with zero attached hydrogens (tertiary/aromatic N) is 3. The highest BCUT2D eigenvalue weighted by molar-refractivity contribution is 6.17. The predicted molar refractivity (Wildman–Crippen MR) is 108 cm³/mol. The summed E-state index contributed by atoms with van der Waals surface area (Å²) in [6.07, 6.45) is 2.30. The Bertz CT molecular complexity index is 753. The molecule has 8 heteroatoms. The van der Waals surface area contributed by atoms with E-state index < -0.39 is 11.5 Å². The SMILES string of the molecule is CCc1cnc(C2=NC(C)(C(C)C)C(=O)N2)c(C(=O)O)c1.C[N+](C)(C)CCO. The van der Waals surface area contributed by atoms with Crippen molar-refractivity contribution >= 4 is 17.7 Å². The number of pyridine rings is 1. The van der Waals surface area contributed by atoms with E-state index in [0.717, 1.165) is 16.6 Å². The molecule has 1 aromatic rings. The Morgan fingerprint density at radius 1 is 1.32 bits per heavy atom. The van der Waals surface area contributed by atoms with Crippen LogP contribution in [0.1, 0.15) is 49.3 Å². The number of carboxylic acids is 1. The molecule has 0 fully saturated rings. The van der Waals surface area contributed by atoms with Gasteiger partial charge in [-0.3, -0.25) is 9.78 Å². The summed E-state index contributed by atoms with van der Waals surface area (Å²) in [5, 5.41) is 20.4. The van der Waals surface area contributed by atoms with Crippen molar-refractivity contribution in [3.63, 3.8) is 0 Å². The monoisotopic (exact) mass is 393 g/mol. The minimum atomic E-state index is -1.08. The topological polar surface area (TPSA) is 112 Å². The Balaban J connectivity index is 0.000000480. The van der Waals surface area contributed by atoms with Gasteiger partial charge in [-0.25, -0.2) is 9.79 Å². The van der Waals surface area contributed by atoms with Crippen molar-refractivity contribution in [3.05, 3.63) is 29.1 Å². The van der Waals surface area contributed by atoms with Crippen molar-refractivity contribution in [2.75, 3.05) is 34.3 Å². The standard InChI is InChI=1S/C15H19N3O3.C5H14NO/c1-5-9-6-10(13(19)20)11(16-7-9)12-17-14(21)15(4,18-12)8(2)3;1-6(2,3)4-5-7/h6-8H,5H2,1-4H3,(H,19,20)(H,17,18,21);7H,4-5H2,1-3H3/q;+1. The van der Waals surface area contributed by atoms with Gasteiger partial charge >= 0.3 is 5.97 Å². The molecule has 1 amide bonds. The van der Waals surface area contributed by atoms with Crippen LogP contribution in [0.25, 0.3) is 0 Å². The molecule has 1 aliphatic heterocycles. The van der Waals surface area contributed by atoms with E-state index in [4.69, 9.17) is 5.11 Å². The average Bonchev–Trinajstić information content (AvgIpc) is 2.90. The van der Waals surface area contributed by atoms with Gasteiger partial charge in [0.2, 0.25) is 0 Å². The second-order valence-electron chi connectivity index (χ2n) is 8.35. The molecule has 156 valence electrons. The van der Waals surface area contributed by atoms with E-state index in [2.05, 4.69) is 36.4 Å². The second-order valence-corrected chi connectivity index (χ2v) is 8.35. The molecule has 0 radical (unpaired) electrons. The number of aliphatic imine (C=N–C) groups is 1. The number of hydrogen-bond acceptors (Lipinski definition) is 5. The number of nitrogens with one attached hydrogen (secondary N) is 1. The fourth-order valence-corrected chi connectivity index (χ4v) is 2.40. The summed E-state index contributed by atoms with van der Waals surface area (Å²) < 4.78 is 0.844. The molecular weight excluding hydrogens is 360 g/mol. The molecular formula is C20H33N4O4+. The van der Waals surface area contributed by atoms with Gasteiger partial charge in [0.15, 0.2) is 5.84 Å². The van der Waals surface area contributed by atoms with E-state index in [-0.39, 0.29) is 35.5 Å². The summed E-state index contributed by atoms with van der Waals surface area (Å²) in [5.41, 5.74) is 0.197. The number of aryl methyl sites for hydroxylation is 1. The average molecular weight is 394 g/mol. The zero-order valence-corrected chi connectivity index (χ0v) is 17.9. The molecule has 0 saturated carbocycles. The van der Waals surface area contributed by atoms with E-state index in [9.17, 15) is 14.7 Å². The van der Waals surface area contributed by atoms with Crippen LogP contribution in [0.3, 0.4) is 0 Å². The van der Waals surface area contributed by atoms with Gasteiger partial charge in [-0.05, 0) is 30.9 Å². The Labute approximate surface area is 166 Å². The van der Waals surface area contributed by atoms with Gasteiger partial charge < -0.3 is 20.0 Å². The number of likely N-dealkylation sites (N-methyl/N-ethyl adjacent to an activating group) is 1. The van der Waals surface area contributed by atoms with Crippen LogP contribution in [0.5, 0.6) is 0 Å². The third-order valence-electron chi connectivity index (χ3n) is 4.74. The lowest BCUT2D eigenvalue weighted by Crippen LogP contribution is -2.41. The van der Waals surface area contributed by atoms with Crippen LogP contribution in [0.15, 0.2) is 17.3 Å². The number of carbonyl (C=O) groups excluding carboxylic acids is 1. The molecule has 0 aromatic carbocycles. The summed E-state index contributed by atoms with van der Waals surface area (Å²) in [4.78, 5) is 32.1. The number of amidine groups is 1. The number of aromatic carboxylic acids is 1. The van der Waals surface area contributed by atoms with Crippen LogP contribution in [0.4, 0.5) is 0 Å². The first-order valence-electron chi connectivity index (χ1n) is 9.41. The predicted octanol–water partition coefficient (Wildman–Crippen LogP) is 1.32. The third-order valence-corrected chi connectivity index (χ3v) is 4.74. The maximum absolute atomic E-state index is 12.1. The first-order valence-corrected chi connectivity index (χ1v) is 9.41. The molecule has 0 aliphatic carbocycles. The smallest absolute Gasteiger partial charge is 0.338 e. The van der Waals surface area contributed by atoms with Crippen LogP contribution in [0, 0.1) is 5.92 Å². The quantitative estimate of drug-likeness (QED) is 0.631. The molecule has 3 N–H and O–H groups in total. The number of rotatable bonds is 6. The minimum absolute atomic E-state index is 0.00167. The van der Waals surface area contributed by atoms with Crippen LogP contribution in [-0.2, 0) is 11.2 Å². The van der Waals surface area contributed by atoms with Crippen LogP contribution < -0.4 is 5.32 Å². The Morgan fingerprint density at radius 3 is 2.29 bits per heavy atom. The van der Waals surface area contributed by atoms with Gasteiger partial charge in [-0.2, -0.15) is 0 Å². The molecule has 1 aromatic heterocycles. The fourth-order valence-electron chi connectivity index (χ4n) is 2.40. The highest BCUT2D eigenvalue weighted by Gasteiger charge is 2.43. The van der Waals surface area contributed by atoms with Crippen molar-refractivity contribution in [1.82, 2.24) is 10.3 Å². The van der Waals surface area contributed by atoms with Gasteiger partial charge in [-0.15, -0.1) is 0 Å². The van der Waals surface area contributed by atoms with Gasteiger partial charge in [0, 0.05) is 6.20 Å². The largest absolute Gasteiger partial charge is 0.478 e. The lowest BCUT2D eigenvalue weighted by atomic mass is 9.89. The molecule has 0 saturated heterocycles. The Morgan fingerprint density at radius 2 is 1.93 bits per heavy atom. The molecule has 1 unspecified atom stereocenters. The van der Waals surface area contributed by atoms with E-state index >= 15 is 0 Å². The molecule has 28 heavy (non-hydrogen) atoms. The summed E-state index contributed by atoms with van der Waals surface area (Å²) in [6.45, 7) is 8.58. The lowest BCUT2D eigenvalue weighted by molar-refractivity contribution is -0.870. The lowest BCUT2D eigenvalue weighted by Gasteiger charge is -2.21. The van der Waals surface area contributed by atoms with Crippen molar-refractivity contribution in [2.45, 2.75) is 39.7 Å². The van der Waals surface area contributed by atoms with Gasteiger partial charge in [0.25, 0.3) is 5.91 Å². The Hall–Kier alpha value is -2.32. The number of aromatic nitrogens is 1. The van der Waals surface area contributed by atoms with Crippen LogP contribution in [-0.4, -0.2) is 77.2 Å². The van der Waals surface area contributed by atoms with Gasteiger partial charge in [0.05, 0.1) is 33.3 Å². The molecule has 0 spiro atoms. The first kappa shape index (κ1) is 23.7. The van der Waals surface area contributed by atoms with Gasteiger partial charge in [-0.1, -0.05) is 20.8 Å². The van der Waals surface area contributed by atoms with Crippen molar-refractivity contribution in [2.24, 2.45) is 10.9 Å². The van der Waals surface area contributed by atoms with Crippen molar-refractivity contribution in [1.29, 1.82) is 0 Å². The molecule has 1 atom stereocenters. The summed E-state index contributed by atoms with van der Waals surface area (Å²) >= 11 is 0. The molecule has 0 bridgehead atoms. The summed E-state index contributed by atoms with van der Waals surface area (Å²) in [5.74, 6) is -1.08. The highest BCUT2D eigenvalue weighted by Crippen LogP contribution is 2.27. The number of amides is 1. The van der Waals surface area contributed by atoms with E-state index in [1.807, 2.05) is 20.8 Å². The summed E-state index contributed by atoms with van der Waals surface area (Å²) in [6, 6.07) is 1.57. The first-order chi connectivity index (χ1) is 12.9. The zero-order valence-electron chi connectivity index (χ0n) is 17.9. The van der Waals surface area contributed by atoms with Crippen molar-refractivity contribution < 1.29 is 24.3 Å². The van der Waals surface area contributed by atoms with E-state index in [1.54, 1.807) is 19.2 Å². The number of carboxylic acid groups (broad SMARTS) is 1. The third kappa shape index (κ3) is 5.84. The minimum Gasteiger partial charge on any atom is -0.478 e. The number of hydrogen-bond donors (Lipinski definition) is 3. The molecule has 2 heterocycles. The second kappa shape index (κ2) is 9.25. The van der Waals surface area contributed by atoms with Crippen LogP contribution in [0.2, 0.25) is 0 Å². The maximum Gasteiger partial charge on any atom is 0.338 e. The maximum atomic E-state index is 12.1. The number of aliphatic hydroxyl groups is 1. The molecule has 1 aliphatic rings. The number of aliphatic hydroxyl groups excluding tert-OH is 1. The number of carbonyl (C=O) groups is 2. The van der Waals surface area contributed by atoms with Gasteiger partial charge in [0.1, 0.15) is 17.8 Å². The van der Waals surface area contributed by atoms with Crippen LogP contribution >= 0.6 is 0 Å².